The van der Waals surface area contributed by atoms with E-state index in [9.17, 15) is 22.8 Å². The zero-order valence-electron chi connectivity index (χ0n) is 12.3. The molecule has 0 aromatic heterocycles. The van der Waals surface area contributed by atoms with E-state index in [1.165, 1.54) is 4.90 Å². The largest absolute Gasteiger partial charge is 0.480 e. The minimum atomic E-state index is -4.28. The average Bonchev–Trinajstić information content (AvgIpc) is 2.42. The van der Waals surface area contributed by atoms with Crippen molar-refractivity contribution in [3.05, 3.63) is 0 Å². The quantitative estimate of drug-likeness (QED) is 0.849. The molecule has 0 bridgehead atoms. The Morgan fingerprint density at radius 3 is 2.43 bits per heavy atom. The van der Waals surface area contributed by atoms with Gasteiger partial charge in [0.2, 0.25) is 5.91 Å². The number of halogens is 3. The number of carboxylic acids is 1. The number of amides is 1. The van der Waals surface area contributed by atoms with Gasteiger partial charge in [0, 0.05) is 12.0 Å². The molecule has 1 aliphatic carbocycles. The molecule has 7 heteroatoms. The Kier molecular flexibility index (Phi) is 6.04. The Morgan fingerprint density at radius 2 is 1.95 bits per heavy atom. The first-order chi connectivity index (χ1) is 9.66. The van der Waals surface area contributed by atoms with Crippen molar-refractivity contribution < 1.29 is 27.9 Å². The Morgan fingerprint density at radius 1 is 1.33 bits per heavy atom. The second kappa shape index (κ2) is 7.13. The van der Waals surface area contributed by atoms with Crippen molar-refractivity contribution in [2.24, 2.45) is 11.8 Å². The van der Waals surface area contributed by atoms with Gasteiger partial charge in [-0.2, -0.15) is 13.2 Å². The summed E-state index contributed by atoms with van der Waals surface area (Å²) < 4.78 is 38.4. The molecule has 1 rings (SSSR count). The highest BCUT2D eigenvalue weighted by Crippen LogP contribution is 2.40. The molecule has 0 aromatic rings. The van der Waals surface area contributed by atoms with Gasteiger partial charge >= 0.3 is 12.1 Å². The summed E-state index contributed by atoms with van der Waals surface area (Å²) in [7, 11) is 0. The molecule has 1 fully saturated rings. The Bertz CT molecular complexity index is 384. The summed E-state index contributed by atoms with van der Waals surface area (Å²) in [5.74, 6) is -3.78. The number of hydrogen-bond acceptors (Lipinski definition) is 2. The monoisotopic (exact) mass is 309 g/mol. The smallest absolute Gasteiger partial charge is 0.391 e. The van der Waals surface area contributed by atoms with E-state index in [2.05, 4.69) is 0 Å². The lowest BCUT2D eigenvalue weighted by atomic mass is 9.80. The molecule has 0 aromatic carbocycles. The molecule has 0 heterocycles. The summed E-state index contributed by atoms with van der Waals surface area (Å²) in [5, 5.41) is 8.88. The van der Waals surface area contributed by atoms with Crippen molar-refractivity contribution in [2.75, 3.05) is 6.54 Å². The standard InChI is InChI=1S/C14H22F3NO3/c1-3-9(2)18(8-12(19)20)13(21)10-5-4-6-11(7-10)14(15,16)17/h9-11H,3-8H2,1-2H3,(H,19,20). The summed E-state index contributed by atoms with van der Waals surface area (Å²) in [5.41, 5.74) is 0. The van der Waals surface area contributed by atoms with E-state index < -0.39 is 36.4 Å². The Labute approximate surface area is 122 Å². The molecule has 0 saturated heterocycles. The van der Waals surface area contributed by atoms with Crippen LogP contribution in [0.1, 0.15) is 46.0 Å². The predicted molar refractivity (Wildman–Crippen MR) is 70.6 cm³/mol. The molecule has 0 radical (unpaired) electrons. The number of rotatable bonds is 5. The lowest BCUT2D eigenvalue weighted by Gasteiger charge is -2.35. The second-order valence-electron chi connectivity index (χ2n) is 5.72. The van der Waals surface area contributed by atoms with Crippen molar-refractivity contribution in [1.29, 1.82) is 0 Å². The number of carboxylic acid groups (broad SMARTS) is 1. The summed E-state index contributed by atoms with van der Waals surface area (Å²) >= 11 is 0. The normalized spacial score (nSPS) is 24.4. The molecule has 1 saturated carbocycles. The van der Waals surface area contributed by atoms with Gasteiger partial charge in [0.1, 0.15) is 6.54 Å². The lowest BCUT2D eigenvalue weighted by molar-refractivity contribution is -0.187. The molecular formula is C14H22F3NO3. The van der Waals surface area contributed by atoms with Crippen LogP contribution in [0.4, 0.5) is 13.2 Å². The van der Waals surface area contributed by atoms with Crippen LogP contribution >= 0.6 is 0 Å². The molecule has 1 amide bonds. The molecule has 3 atom stereocenters. The minimum absolute atomic E-state index is 0.0511. The number of hydrogen-bond donors (Lipinski definition) is 1. The van der Waals surface area contributed by atoms with Gasteiger partial charge < -0.3 is 10.0 Å². The fraction of sp³-hybridized carbons (Fsp3) is 0.857. The first kappa shape index (κ1) is 17.8. The third-order valence-corrected chi connectivity index (χ3v) is 4.20. The molecule has 3 unspecified atom stereocenters. The van der Waals surface area contributed by atoms with Crippen molar-refractivity contribution in [1.82, 2.24) is 4.90 Å². The predicted octanol–water partition coefficient (Wildman–Crippen LogP) is 3.07. The van der Waals surface area contributed by atoms with Crippen LogP contribution < -0.4 is 0 Å². The maximum Gasteiger partial charge on any atom is 0.391 e. The van der Waals surface area contributed by atoms with Gasteiger partial charge in [-0.1, -0.05) is 13.3 Å². The minimum Gasteiger partial charge on any atom is -0.480 e. The van der Waals surface area contributed by atoms with Gasteiger partial charge in [-0.3, -0.25) is 9.59 Å². The average molecular weight is 309 g/mol. The third kappa shape index (κ3) is 4.89. The van der Waals surface area contributed by atoms with Crippen LogP contribution in [-0.2, 0) is 9.59 Å². The summed E-state index contributed by atoms with van der Waals surface area (Å²) in [6.07, 6.45) is -3.15. The highest BCUT2D eigenvalue weighted by Gasteiger charge is 2.44. The van der Waals surface area contributed by atoms with Gasteiger partial charge in [0.05, 0.1) is 5.92 Å². The third-order valence-electron chi connectivity index (χ3n) is 4.20. The first-order valence-electron chi connectivity index (χ1n) is 7.25. The molecule has 1 aliphatic rings. The fourth-order valence-electron chi connectivity index (χ4n) is 2.76. The van der Waals surface area contributed by atoms with Crippen LogP contribution in [-0.4, -0.2) is 40.6 Å². The van der Waals surface area contributed by atoms with Gasteiger partial charge in [0.15, 0.2) is 0 Å². The van der Waals surface area contributed by atoms with Crippen molar-refractivity contribution >= 4 is 11.9 Å². The van der Waals surface area contributed by atoms with Crippen LogP contribution in [0.25, 0.3) is 0 Å². The summed E-state index contributed by atoms with van der Waals surface area (Å²) in [6, 6.07) is -0.292. The maximum absolute atomic E-state index is 12.8. The SMILES string of the molecule is CCC(C)N(CC(=O)O)C(=O)C1CCCC(C(F)(F)F)C1. The number of nitrogens with zero attached hydrogens (tertiary/aromatic N) is 1. The number of aliphatic carboxylic acids is 1. The number of alkyl halides is 3. The van der Waals surface area contributed by atoms with Crippen molar-refractivity contribution in [3.63, 3.8) is 0 Å². The van der Waals surface area contributed by atoms with Gasteiger partial charge in [0.25, 0.3) is 0 Å². The molecular weight excluding hydrogens is 287 g/mol. The van der Waals surface area contributed by atoms with E-state index >= 15 is 0 Å². The molecule has 0 aliphatic heterocycles. The van der Waals surface area contributed by atoms with Crippen molar-refractivity contribution in [2.45, 2.75) is 58.2 Å². The summed E-state index contributed by atoms with van der Waals surface area (Å²) in [6.45, 7) is 3.07. The van der Waals surface area contributed by atoms with E-state index in [-0.39, 0.29) is 18.9 Å². The van der Waals surface area contributed by atoms with E-state index in [0.29, 0.717) is 19.3 Å². The highest BCUT2D eigenvalue weighted by molar-refractivity contribution is 5.83. The molecule has 21 heavy (non-hydrogen) atoms. The molecule has 0 spiro atoms. The Hall–Kier alpha value is -1.27. The lowest BCUT2D eigenvalue weighted by Crippen LogP contribution is -2.46. The van der Waals surface area contributed by atoms with Gasteiger partial charge in [-0.15, -0.1) is 0 Å². The van der Waals surface area contributed by atoms with Crippen LogP contribution in [0.2, 0.25) is 0 Å². The second-order valence-corrected chi connectivity index (χ2v) is 5.72. The Balaban J connectivity index is 2.80. The van der Waals surface area contributed by atoms with E-state index in [4.69, 9.17) is 5.11 Å². The van der Waals surface area contributed by atoms with Gasteiger partial charge in [-0.05, 0) is 32.6 Å². The molecule has 122 valence electrons. The van der Waals surface area contributed by atoms with E-state index in [1.54, 1.807) is 6.92 Å². The van der Waals surface area contributed by atoms with Crippen molar-refractivity contribution in [3.8, 4) is 0 Å². The molecule has 4 nitrogen and oxygen atoms in total. The first-order valence-corrected chi connectivity index (χ1v) is 7.25. The number of carbonyl (C=O) groups excluding carboxylic acids is 1. The van der Waals surface area contributed by atoms with Gasteiger partial charge in [-0.25, -0.2) is 0 Å². The fourth-order valence-corrected chi connectivity index (χ4v) is 2.76. The van der Waals surface area contributed by atoms with E-state index in [1.807, 2.05) is 6.92 Å². The van der Waals surface area contributed by atoms with Crippen LogP contribution in [0.5, 0.6) is 0 Å². The topological polar surface area (TPSA) is 57.6 Å². The number of carbonyl (C=O) groups is 2. The van der Waals surface area contributed by atoms with E-state index in [0.717, 1.165) is 0 Å². The molecule has 1 N–H and O–H groups in total. The zero-order chi connectivity index (χ0) is 16.2. The van der Waals surface area contributed by atoms with Crippen LogP contribution in [0, 0.1) is 11.8 Å². The zero-order valence-corrected chi connectivity index (χ0v) is 12.3. The van der Waals surface area contributed by atoms with Crippen LogP contribution in [0.3, 0.4) is 0 Å². The van der Waals surface area contributed by atoms with Crippen LogP contribution in [0.15, 0.2) is 0 Å². The summed E-state index contributed by atoms with van der Waals surface area (Å²) in [4.78, 5) is 24.5. The maximum atomic E-state index is 12.8. The highest BCUT2D eigenvalue weighted by atomic mass is 19.4.